The second-order valence-electron chi connectivity index (χ2n) is 2.92. The first kappa shape index (κ1) is 7.98. The summed E-state index contributed by atoms with van der Waals surface area (Å²) in [5.41, 5.74) is 0.697. The molecular weight excluding hydrogens is 140 g/mol. The fourth-order valence-electron chi connectivity index (χ4n) is 0.882. The van der Waals surface area contributed by atoms with Crippen LogP contribution in [0.5, 0.6) is 0 Å². The third-order valence-corrected chi connectivity index (χ3v) is 1.51. The van der Waals surface area contributed by atoms with Gasteiger partial charge < -0.3 is 0 Å². The van der Waals surface area contributed by atoms with Gasteiger partial charge in [-0.1, -0.05) is 13.8 Å². The van der Waals surface area contributed by atoms with E-state index in [-0.39, 0.29) is 11.7 Å². The van der Waals surface area contributed by atoms with Gasteiger partial charge in [-0.2, -0.15) is 5.10 Å². The van der Waals surface area contributed by atoms with Crippen LogP contribution >= 0.6 is 0 Å². The minimum absolute atomic E-state index is 0.0548. The van der Waals surface area contributed by atoms with Gasteiger partial charge in [-0.25, -0.2) is 0 Å². The zero-order valence-corrected chi connectivity index (χ0v) is 7.03. The minimum Gasteiger partial charge on any atom is -0.294 e. The van der Waals surface area contributed by atoms with Gasteiger partial charge in [0.25, 0.3) is 0 Å². The van der Waals surface area contributed by atoms with Gasteiger partial charge in [-0.3, -0.25) is 9.48 Å². The van der Waals surface area contributed by atoms with E-state index in [0.29, 0.717) is 5.56 Å². The predicted molar refractivity (Wildman–Crippen MR) is 42.4 cm³/mol. The molecule has 0 aliphatic heterocycles. The van der Waals surface area contributed by atoms with E-state index < -0.39 is 0 Å². The van der Waals surface area contributed by atoms with Crippen molar-refractivity contribution in [3.8, 4) is 0 Å². The summed E-state index contributed by atoms with van der Waals surface area (Å²) >= 11 is 0. The molecule has 60 valence electrons. The van der Waals surface area contributed by atoms with Crippen molar-refractivity contribution in [2.24, 2.45) is 13.0 Å². The average Bonchev–Trinajstić information content (AvgIpc) is 2.34. The SMILES string of the molecule is CC(C)C(=O)c1cnn(C)c1. The van der Waals surface area contributed by atoms with Crippen LogP contribution in [0.1, 0.15) is 24.2 Å². The Morgan fingerprint density at radius 1 is 1.64 bits per heavy atom. The van der Waals surface area contributed by atoms with Crippen LogP contribution in [0.15, 0.2) is 12.4 Å². The topological polar surface area (TPSA) is 34.9 Å². The maximum atomic E-state index is 11.3. The fraction of sp³-hybridized carbons (Fsp3) is 0.500. The maximum Gasteiger partial charge on any atom is 0.168 e. The number of rotatable bonds is 2. The summed E-state index contributed by atoms with van der Waals surface area (Å²) in [5.74, 6) is 0.206. The van der Waals surface area contributed by atoms with Crippen LogP contribution in [0, 0.1) is 5.92 Å². The second kappa shape index (κ2) is 2.86. The minimum atomic E-state index is 0.0548. The molecule has 0 aliphatic rings. The van der Waals surface area contributed by atoms with E-state index in [4.69, 9.17) is 0 Å². The first-order valence-electron chi connectivity index (χ1n) is 3.64. The molecule has 0 unspecified atom stereocenters. The number of ketones is 1. The Bertz CT molecular complexity index is 263. The molecule has 1 heterocycles. The average molecular weight is 152 g/mol. The molecule has 0 atom stereocenters. The number of aromatic nitrogens is 2. The molecule has 0 radical (unpaired) electrons. The number of Topliss-reactive ketones (excluding diaryl/α,β-unsaturated/α-hetero) is 1. The molecular formula is C8H12N2O. The maximum absolute atomic E-state index is 11.3. The van der Waals surface area contributed by atoms with Gasteiger partial charge in [-0.05, 0) is 0 Å². The molecule has 0 bridgehead atoms. The molecule has 0 amide bonds. The highest BCUT2D eigenvalue weighted by molar-refractivity contribution is 5.96. The molecule has 0 N–H and O–H groups in total. The summed E-state index contributed by atoms with van der Waals surface area (Å²) < 4.78 is 1.63. The lowest BCUT2D eigenvalue weighted by atomic mass is 10.1. The van der Waals surface area contributed by atoms with Crippen molar-refractivity contribution in [3.05, 3.63) is 18.0 Å². The molecule has 11 heavy (non-hydrogen) atoms. The molecule has 3 heteroatoms. The molecule has 0 aromatic carbocycles. The van der Waals surface area contributed by atoms with Crippen LogP contribution in [-0.2, 0) is 7.05 Å². The van der Waals surface area contributed by atoms with Gasteiger partial charge in [0.1, 0.15) is 0 Å². The summed E-state index contributed by atoms with van der Waals surface area (Å²) in [5, 5.41) is 3.92. The summed E-state index contributed by atoms with van der Waals surface area (Å²) in [6.07, 6.45) is 3.34. The van der Waals surface area contributed by atoms with Crippen molar-refractivity contribution in [2.75, 3.05) is 0 Å². The quantitative estimate of drug-likeness (QED) is 0.598. The van der Waals surface area contributed by atoms with Crippen molar-refractivity contribution in [2.45, 2.75) is 13.8 Å². The largest absolute Gasteiger partial charge is 0.294 e. The van der Waals surface area contributed by atoms with E-state index >= 15 is 0 Å². The summed E-state index contributed by atoms with van der Waals surface area (Å²) in [4.78, 5) is 11.3. The van der Waals surface area contributed by atoms with Crippen LogP contribution in [0.25, 0.3) is 0 Å². The lowest BCUT2D eigenvalue weighted by Crippen LogP contribution is -2.05. The Hall–Kier alpha value is -1.12. The zero-order chi connectivity index (χ0) is 8.43. The standard InChI is InChI=1S/C8H12N2O/c1-6(2)8(11)7-4-9-10(3)5-7/h4-6H,1-3H3. The Balaban J connectivity index is 2.85. The van der Waals surface area contributed by atoms with E-state index in [9.17, 15) is 4.79 Å². The molecule has 0 fully saturated rings. The molecule has 0 aliphatic carbocycles. The smallest absolute Gasteiger partial charge is 0.168 e. The molecule has 1 aromatic rings. The van der Waals surface area contributed by atoms with Crippen LogP contribution in [0.3, 0.4) is 0 Å². The Morgan fingerprint density at radius 2 is 2.27 bits per heavy atom. The molecule has 1 rings (SSSR count). The molecule has 0 saturated heterocycles. The van der Waals surface area contributed by atoms with Gasteiger partial charge in [0.15, 0.2) is 5.78 Å². The van der Waals surface area contributed by atoms with Gasteiger partial charge in [0.05, 0.1) is 11.8 Å². The lowest BCUT2D eigenvalue weighted by molar-refractivity contribution is 0.0939. The van der Waals surface area contributed by atoms with Crippen LogP contribution < -0.4 is 0 Å². The summed E-state index contributed by atoms with van der Waals surface area (Å²) in [6, 6.07) is 0. The lowest BCUT2D eigenvalue weighted by Gasteiger charge is -1.98. The second-order valence-corrected chi connectivity index (χ2v) is 2.92. The number of aryl methyl sites for hydroxylation is 1. The third-order valence-electron chi connectivity index (χ3n) is 1.51. The zero-order valence-electron chi connectivity index (χ0n) is 7.03. The van der Waals surface area contributed by atoms with Crippen LogP contribution in [0.2, 0.25) is 0 Å². The Labute approximate surface area is 66.0 Å². The normalized spacial score (nSPS) is 10.5. The van der Waals surface area contributed by atoms with E-state index in [2.05, 4.69) is 5.10 Å². The van der Waals surface area contributed by atoms with Crippen molar-refractivity contribution in [1.82, 2.24) is 9.78 Å². The highest BCUT2D eigenvalue weighted by Crippen LogP contribution is 2.05. The number of carbonyl (C=O) groups is 1. The van der Waals surface area contributed by atoms with E-state index in [0.717, 1.165) is 0 Å². The highest BCUT2D eigenvalue weighted by atomic mass is 16.1. The summed E-state index contributed by atoms with van der Waals surface area (Å²) in [7, 11) is 1.80. The molecule has 0 spiro atoms. The van der Waals surface area contributed by atoms with Crippen LogP contribution in [0.4, 0.5) is 0 Å². The number of carbonyl (C=O) groups excluding carboxylic acids is 1. The number of hydrogen-bond acceptors (Lipinski definition) is 2. The Kier molecular flexibility index (Phi) is 2.08. The van der Waals surface area contributed by atoms with E-state index in [1.54, 1.807) is 24.1 Å². The van der Waals surface area contributed by atoms with E-state index in [1.165, 1.54) is 0 Å². The monoisotopic (exact) mass is 152 g/mol. The fourth-order valence-corrected chi connectivity index (χ4v) is 0.882. The van der Waals surface area contributed by atoms with Gasteiger partial charge >= 0.3 is 0 Å². The van der Waals surface area contributed by atoms with Crippen LogP contribution in [-0.4, -0.2) is 15.6 Å². The molecule has 1 aromatic heterocycles. The first-order valence-corrected chi connectivity index (χ1v) is 3.64. The van der Waals surface area contributed by atoms with Crippen molar-refractivity contribution in [3.63, 3.8) is 0 Å². The first-order chi connectivity index (χ1) is 5.11. The van der Waals surface area contributed by atoms with Crippen molar-refractivity contribution >= 4 is 5.78 Å². The molecule has 3 nitrogen and oxygen atoms in total. The van der Waals surface area contributed by atoms with Gasteiger partial charge in [0.2, 0.25) is 0 Å². The van der Waals surface area contributed by atoms with Crippen molar-refractivity contribution in [1.29, 1.82) is 0 Å². The predicted octanol–water partition coefficient (Wildman–Crippen LogP) is 1.26. The van der Waals surface area contributed by atoms with Crippen molar-refractivity contribution < 1.29 is 4.79 Å². The summed E-state index contributed by atoms with van der Waals surface area (Å²) in [6.45, 7) is 3.77. The molecule has 0 saturated carbocycles. The Morgan fingerprint density at radius 3 is 2.64 bits per heavy atom. The third kappa shape index (κ3) is 1.67. The van der Waals surface area contributed by atoms with Gasteiger partial charge in [-0.15, -0.1) is 0 Å². The number of hydrogen-bond donors (Lipinski definition) is 0. The number of nitrogens with zero attached hydrogens (tertiary/aromatic N) is 2. The van der Waals surface area contributed by atoms with Gasteiger partial charge in [0, 0.05) is 19.2 Å². The highest BCUT2D eigenvalue weighted by Gasteiger charge is 2.10. The van der Waals surface area contributed by atoms with E-state index in [1.807, 2.05) is 13.8 Å².